The van der Waals surface area contributed by atoms with Crippen LogP contribution in [0, 0.1) is 0 Å². The van der Waals surface area contributed by atoms with E-state index in [-0.39, 0.29) is 35.5 Å². The third-order valence-electron chi connectivity index (χ3n) is 4.43. The van der Waals surface area contributed by atoms with Gasteiger partial charge in [-0.2, -0.15) is 0 Å². The summed E-state index contributed by atoms with van der Waals surface area (Å²) in [5.41, 5.74) is 2.19. The molecule has 2 rings (SSSR count). The first-order valence-electron chi connectivity index (χ1n) is 9.79. The highest BCUT2D eigenvalue weighted by Gasteiger charge is 2.20. The van der Waals surface area contributed by atoms with E-state index in [2.05, 4.69) is 62.2 Å². The number of nitrogens with one attached hydrogen (secondary N) is 1. The zero-order valence-corrected chi connectivity index (χ0v) is 20.2. The molecule has 0 atom stereocenters. The van der Waals surface area contributed by atoms with E-state index in [1.165, 1.54) is 5.56 Å². The molecule has 1 aliphatic heterocycles. The van der Waals surface area contributed by atoms with Crippen LogP contribution in [-0.2, 0) is 22.7 Å². The molecule has 1 amide bonds. The number of benzene rings is 1. The second-order valence-electron chi connectivity index (χ2n) is 7.88. The number of halogens is 1. The molecule has 1 aromatic carbocycles. The summed E-state index contributed by atoms with van der Waals surface area (Å²) in [6.07, 6.45) is 0. The van der Waals surface area contributed by atoms with Gasteiger partial charge in [-0.25, -0.2) is 4.99 Å². The van der Waals surface area contributed by atoms with Crippen LogP contribution in [0.3, 0.4) is 0 Å². The van der Waals surface area contributed by atoms with Crippen LogP contribution in [0.5, 0.6) is 0 Å². The van der Waals surface area contributed by atoms with E-state index in [1.54, 1.807) is 6.92 Å². The molecule has 0 aromatic heterocycles. The summed E-state index contributed by atoms with van der Waals surface area (Å²) in [6.45, 7) is 15.1. The van der Waals surface area contributed by atoms with Crippen molar-refractivity contribution in [3.8, 4) is 0 Å². The van der Waals surface area contributed by atoms with Crippen LogP contribution in [-0.4, -0.2) is 60.0 Å². The summed E-state index contributed by atoms with van der Waals surface area (Å²) in [5.74, 6) is 1.06. The highest BCUT2D eigenvalue weighted by Crippen LogP contribution is 2.14. The molecule has 0 radical (unpaired) electrons. The van der Waals surface area contributed by atoms with E-state index in [0.29, 0.717) is 13.2 Å². The van der Waals surface area contributed by atoms with Gasteiger partial charge in [0.1, 0.15) is 0 Å². The second-order valence-corrected chi connectivity index (χ2v) is 7.88. The first-order valence-corrected chi connectivity index (χ1v) is 9.79. The minimum atomic E-state index is -0.144. The molecule has 0 aliphatic carbocycles. The van der Waals surface area contributed by atoms with Crippen LogP contribution in [0.2, 0.25) is 0 Å². The van der Waals surface area contributed by atoms with Gasteiger partial charge in [0.25, 0.3) is 0 Å². The number of ether oxygens (including phenoxy) is 1. The van der Waals surface area contributed by atoms with Crippen molar-refractivity contribution in [2.45, 2.75) is 53.4 Å². The Balaban J connectivity index is 0.00000392. The van der Waals surface area contributed by atoms with Gasteiger partial charge in [0, 0.05) is 39.6 Å². The third kappa shape index (κ3) is 8.34. The predicted molar refractivity (Wildman–Crippen MR) is 125 cm³/mol. The quantitative estimate of drug-likeness (QED) is 0.382. The van der Waals surface area contributed by atoms with Gasteiger partial charge in [-0.05, 0) is 38.8 Å². The predicted octanol–water partition coefficient (Wildman–Crippen LogP) is 3.25. The van der Waals surface area contributed by atoms with Gasteiger partial charge in [-0.15, -0.1) is 24.0 Å². The topological polar surface area (TPSA) is 57.2 Å². The molecule has 0 bridgehead atoms. The summed E-state index contributed by atoms with van der Waals surface area (Å²) < 4.78 is 5.87. The molecule has 6 nitrogen and oxygen atoms in total. The standard InChI is InChI=1S/C21H34N4O2.HI/c1-6-22-20(25-12-10-24(11-13-25)17(2)26)23-15-18-8-7-9-19(14-18)16-27-21(3,4)5;/h7-9,14H,6,10-13,15-16H2,1-5H3,(H,22,23);1H. The van der Waals surface area contributed by atoms with Crippen molar-refractivity contribution in [1.29, 1.82) is 0 Å². The Hall–Kier alpha value is -1.35. The number of nitrogens with zero attached hydrogens (tertiary/aromatic N) is 3. The second kappa shape index (κ2) is 11.6. The smallest absolute Gasteiger partial charge is 0.219 e. The number of amides is 1. The lowest BCUT2D eigenvalue weighted by atomic mass is 10.1. The van der Waals surface area contributed by atoms with Crippen molar-refractivity contribution in [2.75, 3.05) is 32.7 Å². The molecule has 1 aromatic rings. The first kappa shape index (κ1) is 24.7. The first-order chi connectivity index (χ1) is 12.8. The number of hydrogen-bond acceptors (Lipinski definition) is 3. The van der Waals surface area contributed by atoms with E-state index >= 15 is 0 Å². The Morgan fingerprint density at radius 1 is 1.14 bits per heavy atom. The maximum Gasteiger partial charge on any atom is 0.219 e. The summed E-state index contributed by atoms with van der Waals surface area (Å²) in [7, 11) is 0. The Labute approximate surface area is 186 Å². The lowest BCUT2D eigenvalue weighted by Crippen LogP contribution is -2.53. The number of carbonyl (C=O) groups excluding carboxylic acids is 1. The van der Waals surface area contributed by atoms with Gasteiger partial charge < -0.3 is 19.9 Å². The molecule has 28 heavy (non-hydrogen) atoms. The van der Waals surface area contributed by atoms with Crippen LogP contribution < -0.4 is 5.32 Å². The normalized spacial score (nSPS) is 15.2. The van der Waals surface area contributed by atoms with Crippen LogP contribution >= 0.6 is 24.0 Å². The van der Waals surface area contributed by atoms with Crippen molar-refractivity contribution in [2.24, 2.45) is 4.99 Å². The Bertz CT molecular complexity index is 650. The monoisotopic (exact) mass is 502 g/mol. The highest BCUT2D eigenvalue weighted by atomic mass is 127. The fraction of sp³-hybridized carbons (Fsp3) is 0.619. The highest BCUT2D eigenvalue weighted by molar-refractivity contribution is 14.0. The van der Waals surface area contributed by atoms with Crippen LogP contribution in [0.4, 0.5) is 0 Å². The molecule has 7 heteroatoms. The minimum absolute atomic E-state index is 0. The average molecular weight is 502 g/mol. The SMILES string of the molecule is CCNC(=NCc1cccc(COC(C)(C)C)c1)N1CCN(C(C)=O)CC1.I. The summed E-state index contributed by atoms with van der Waals surface area (Å²) in [4.78, 5) is 20.4. The van der Waals surface area contributed by atoms with E-state index in [1.807, 2.05) is 4.90 Å². The Morgan fingerprint density at radius 3 is 2.32 bits per heavy atom. The van der Waals surface area contributed by atoms with Gasteiger partial charge in [-0.1, -0.05) is 24.3 Å². The van der Waals surface area contributed by atoms with Gasteiger partial charge in [0.2, 0.25) is 5.91 Å². The number of rotatable bonds is 5. The van der Waals surface area contributed by atoms with E-state index in [0.717, 1.165) is 44.2 Å². The van der Waals surface area contributed by atoms with Crippen molar-refractivity contribution in [3.05, 3.63) is 35.4 Å². The maximum absolute atomic E-state index is 11.5. The molecular weight excluding hydrogens is 467 g/mol. The largest absolute Gasteiger partial charge is 0.371 e. The number of guanidine groups is 1. The molecule has 0 unspecified atom stereocenters. The lowest BCUT2D eigenvalue weighted by Gasteiger charge is -2.36. The minimum Gasteiger partial charge on any atom is -0.371 e. The molecule has 1 fully saturated rings. The molecule has 0 saturated carbocycles. The number of aliphatic imine (C=N–C) groups is 1. The lowest BCUT2D eigenvalue weighted by molar-refractivity contribution is -0.130. The van der Waals surface area contributed by atoms with Gasteiger partial charge in [0.05, 0.1) is 18.8 Å². The number of carbonyl (C=O) groups is 1. The van der Waals surface area contributed by atoms with Crippen LogP contribution in [0.1, 0.15) is 45.7 Å². The summed E-state index contributed by atoms with van der Waals surface area (Å²) >= 11 is 0. The van der Waals surface area contributed by atoms with E-state index in [9.17, 15) is 4.79 Å². The van der Waals surface area contributed by atoms with Gasteiger partial charge in [0.15, 0.2) is 5.96 Å². The van der Waals surface area contributed by atoms with E-state index < -0.39 is 0 Å². The number of hydrogen-bond donors (Lipinski definition) is 1. The van der Waals surface area contributed by atoms with Crippen LogP contribution in [0.25, 0.3) is 0 Å². The molecular formula is C21H35IN4O2. The van der Waals surface area contributed by atoms with Gasteiger partial charge >= 0.3 is 0 Å². The molecule has 158 valence electrons. The average Bonchev–Trinajstić information content (AvgIpc) is 2.63. The Morgan fingerprint density at radius 2 is 1.75 bits per heavy atom. The molecule has 1 saturated heterocycles. The maximum atomic E-state index is 11.5. The molecule has 1 N–H and O–H groups in total. The zero-order valence-electron chi connectivity index (χ0n) is 17.8. The fourth-order valence-electron chi connectivity index (χ4n) is 2.94. The Kier molecular flexibility index (Phi) is 10.2. The number of piperazine rings is 1. The molecule has 1 aliphatic rings. The summed E-state index contributed by atoms with van der Waals surface area (Å²) in [5, 5.41) is 3.37. The summed E-state index contributed by atoms with van der Waals surface area (Å²) in [6, 6.07) is 8.41. The van der Waals surface area contributed by atoms with E-state index in [4.69, 9.17) is 9.73 Å². The van der Waals surface area contributed by atoms with Crippen molar-refractivity contribution in [3.63, 3.8) is 0 Å². The van der Waals surface area contributed by atoms with Crippen LogP contribution in [0.15, 0.2) is 29.3 Å². The van der Waals surface area contributed by atoms with Gasteiger partial charge in [-0.3, -0.25) is 4.79 Å². The van der Waals surface area contributed by atoms with Crippen molar-refractivity contribution in [1.82, 2.24) is 15.1 Å². The molecule has 0 spiro atoms. The zero-order chi connectivity index (χ0) is 19.9. The third-order valence-corrected chi connectivity index (χ3v) is 4.43. The van der Waals surface area contributed by atoms with Crippen molar-refractivity contribution >= 4 is 35.8 Å². The fourth-order valence-corrected chi connectivity index (χ4v) is 2.94. The van der Waals surface area contributed by atoms with Crippen molar-refractivity contribution < 1.29 is 9.53 Å². The molecule has 1 heterocycles.